The molecule has 0 spiro atoms. The van der Waals surface area contributed by atoms with Crippen LogP contribution < -0.4 is 11.3 Å². The summed E-state index contributed by atoms with van der Waals surface area (Å²) >= 11 is 5.27. The SMILES string of the molecule is CCc1ccc(CC(NN)c2cc(C)c(Br)s2)nc1. The fourth-order valence-electron chi connectivity index (χ4n) is 1.89. The number of pyridine rings is 1. The van der Waals surface area contributed by atoms with Gasteiger partial charge >= 0.3 is 0 Å². The lowest BCUT2D eigenvalue weighted by atomic mass is 10.1. The molecule has 2 heterocycles. The van der Waals surface area contributed by atoms with Crippen molar-refractivity contribution in [3.8, 4) is 0 Å². The number of nitrogens with one attached hydrogen (secondary N) is 1. The van der Waals surface area contributed by atoms with Gasteiger partial charge in [0.05, 0.1) is 9.83 Å². The third-order valence-corrected chi connectivity index (χ3v) is 5.38. The molecule has 0 aliphatic rings. The molecule has 2 aromatic rings. The van der Waals surface area contributed by atoms with E-state index in [2.05, 4.69) is 58.4 Å². The average molecular weight is 340 g/mol. The van der Waals surface area contributed by atoms with Crippen LogP contribution in [0.25, 0.3) is 0 Å². The number of aromatic nitrogens is 1. The minimum Gasteiger partial charge on any atom is -0.271 e. The van der Waals surface area contributed by atoms with Gasteiger partial charge in [0.1, 0.15) is 0 Å². The first kappa shape index (κ1) is 14.7. The summed E-state index contributed by atoms with van der Waals surface area (Å²) in [6.45, 7) is 4.22. The molecule has 0 fully saturated rings. The summed E-state index contributed by atoms with van der Waals surface area (Å²) in [7, 11) is 0. The second kappa shape index (κ2) is 6.61. The quantitative estimate of drug-likeness (QED) is 0.647. The van der Waals surface area contributed by atoms with Crippen molar-refractivity contribution >= 4 is 27.3 Å². The molecule has 0 amide bonds. The Bertz CT molecular complexity index is 517. The highest BCUT2D eigenvalue weighted by atomic mass is 79.9. The van der Waals surface area contributed by atoms with Crippen molar-refractivity contribution in [2.24, 2.45) is 5.84 Å². The van der Waals surface area contributed by atoms with E-state index < -0.39 is 0 Å². The molecular formula is C14H18BrN3S. The molecule has 5 heteroatoms. The van der Waals surface area contributed by atoms with Gasteiger partial charge in [0, 0.05) is 23.2 Å². The van der Waals surface area contributed by atoms with E-state index in [-0.39, 0.29) is 6.04 Å². The maximum Gasteiger partial charge on any atom is 0.0731 e. The minimum atomic E-state index is 0.106. The predicted molar refractivity (Wildman–Crippen MR) is 84.1 cm³/mol. The van der Waals surface area contributed by atoms with E-state index in [9.17, 15) is 0 Å². The molecule has 0 saturated heterocycles. The number of thiophene rings is 1. The van der Waals surface area contributed by atoms with Gasteiger partial charge in [-0.2, -0.15) is 0 Å². The molecule has 0 aliphatic heterocycles. The molecule has 0 saturated carbocycles. The number of hydrazine groups is 1. The zero-order valence-electron chi connectivity index (χ0n) is 11.1. The number of halogens is 1. The van der Waals surface area contributed by atoms with Gasteiger partial charge in [0.15, 0.2) is 0 Å². The van der Waals surface area contributed by atoms with Crippen molar-refractivity contribution < 1.29 is 0 Å². The van der Waals surface area contributed by atoms with Gasteiger partial charge in [0.2, 0.25) is 0 Å². The van der Waals surface area contributed by atoms with E-state index in [1.54, 1.807) is 11.3 Å². The van der Waals surface area contributed by atoms with Gasteiger partial charge in [-0.25, -0.2) is 0 Å². The second-order valence-electron chi connectivity index (χ2n) is 4.54. The smallest absolute Gasteiger partial charge is 0.0731 e. The van der Waals surface area contributed by atoms with Crippen molar-refractivity contribution in [3.63, 3.8) is 0 Å². The Hall–Kier alpha value is -0.750. The fourth-order valence-corrected chi connectivity index (χ4v) is 3.52. The fraction of sp³-hybridized carbons (Fsp3) is 0.357. The maximum absolute atomic E-state index is 5.68. The molecule has 19 heavy (non-hydrogen) atoms. The Kier molecular flexibility index (Phi) is 5.10. The molecule has 3 nitrogen and oxygen atoms in total. The predicted octanol–water partition coefficient (Wildman–Crippen LogP) is 3.52. The first-order chi connectivity index (χ1) is 9.13. The van der Waals surface area contributed by atoms with Gasteiger partial charge in [-0.1, -0.05) is 13.0 Å². The summed E-state index contributed by atoms with van der Waals surface area (Å²) in [6, 6.07) is 6.49. The van der Waals surface area contributed by atoms with Crippen LogP contribution in [-0.2, 0) is 12.8 Å². The Labute approximate surface area is 126 Å². The summed E-state index contributed by atoms with van der Waals surface area (Å²) in [5, 5.41) is 0. The summed E-state index contributed by atoms with van der Waals surface area (Å²) in [6.07, 6.45) is 3.76. The molecule has 102 valence electrons. The Morgan fingerprint density at radius 1 is 1.47 bits per heavy atom. The third kappa shape index (κ3) is 3.63. The summed E-state index contributed by atoms with van der Waals surface area (Å²) in [4.78, 5) is 5.72. The molecule has 3 N–H and O–H groups in total. The topological polar surface area (TPSA) is 50.9 Å². The zero-order valence-corrected chi connectivity index (χ0v) is 13.5. The Morgan fingerprint density at radius 3 is 2.74 bits per heavy atom. The largest absolute Gasteiger partial charge is 0.271 e. The van der Waals surface area contributed by atoms with Crippen LogP contribution in [0, 0.1) is 6.92 Å². The van der Waals surface area contributed by atoms with Gasteiger partial charge in [-0.05, 0) is 52.5 Å². The number of hydrogen-bond donors (Lipinski definition) is 2. The van der Waals surface area contributed by atoms with Crippen molar-refractivity contribution in [1.29, 1.82) is 0 Å². The molecule has 0 aliphatic carbocycles. The van der Waals surface area contributed by atoms with Crippen LogP contribution in [0.3, 0.4) is 0 Å². The van der Waals surface area contributed by atoms with E-state index in [0.29, 0.717) is 0 Å². The second-order valence-corrected chi connectivity index (χ2v) is 6.94. The summed E-state index contributed by atoms with van der Waals surface area (Å²) in [5.74, 6) is 5.68. The minimum absolute atomic E-state index is 0.106. The monoisotopic (exact) mass is 339 g/mol. The zero-order chi connectivity index (χ0) is 13.8. The van der Waals surface area contributed by atoms with Crippen LogP contribution in [0.4, 0.5) is 0 Å². The van der Waals surface area contributed by atoms with Crippen molar-refractivity contribution in [1.82, 2.24) is 10.4 Å². The van der Waals surface area contributed by atoms with E-state index in [1.807, 2.05) is 6.20 Å². The third-order valence-electron chi connectivity index (χ3n) is 3.13. The molecule has 1 unspecified atom stereocenters. The number of hydrogen-bond acceptors (Lipinski definition) is 4. The molecule has 0 bridgehead atoms. The van der Waals surface area contributed by atoms with E-state index in [0.717, 1.165) is 22.3 Å². The molecular weight excluding hydrogens is 322 g/mol. The van der Waals surface area contributed by atoms with Crippen molar-refractivity contribution in [3.05, 3.63) is 49.9 Å². The summed E-state index contributed by atoms with van der Waals surface area (Å²) in [5.41, 5.74) is 6.45. The highest BCUT2D eigenvalue weighted by Crippen LogP contribution is 2.32. The van der Waals surface area contributed by atoms with Gasteiger partial charge in [0.25, 0.3) is 0 Å². The van der Waals surface area contributed by atoms with Crippen LogP contribution in [0.2, 0.25) is 0 Å². The Morgan fingerprint density at radius 2 is 2.26 bits per heavy atom. The van der Waals surface area contributed by atoms with Crippen LogP contribution in [0.5, 0.6) is 0 Å². The van der Waals surface area contributed by atoms with Crippen LogP contribution in [-0.4, -0.2) is 4.98 Å². The van der Waals surface area contributed by atoms with Crippen molar-refractivity contribution in [2.75, 3.05) is 0 Å². The Balaban J connectivity index is 2.13. The number of nitrogens with zero attached hydrogens (tertiary/aromatic N) is 1. The number of nitrogens with two attached hydrogens (primary N) is 1. The molecule has 2 rings (SSSR count). The van der Waals surface area contributed by atoms with E-state index in [1.165, 1.54) is 16.0 Å². The average Bonchev–Trinajstić information content (AvgIpc) is 2.76. The summed E-state index contributed by atoms with van der Waals surface area (Å²) < 4.78 is 1.16. The van der Waals surface area contributed by atoms with Gasteiger partial charge in [-0.3, -0.25) is 16.3 Å². The molecule has 2 aromatic heterocycles. The molecule has 1 atom stereocenters. The number of rotatable bonds is 5. The van der Waals surface area contributed by atoms with Gasteiger partial charge < -0.3 is 0 Å². The molecule has 0 radical (unpaired) electrons. The van der Waals surface area contributed by atoms with Crippen molar-refractivity contribution in [2.45, 2.75) is 32.7 Å². The van der Waals surface area contributed by atoms with E-state index >= 15 is 0 Å². The van der Waals surface area contributed by atoms with Crippen LogP contribution >= 0.6 is 27.3 Å². The van der Waals surface area contributed by atoms with E-state index in [4.69, 9.17) is 5.84 Å². The molecule has 0 aromatic carbocycles. The highest BCUT2D eigenvalue weighted by Gasteiger charge is 2.15. The lowest BCUT2D eigenvalue weighted by Gasteiger charge is -2.13. The highest BCUT2D eigenvalue weighted by molar-refractivity contribution is 9.11. The lowest BCUT2D eigenvalue weighted by Crippen LogP contribution is -2.29. The first-order valence-electron chi connectivity index (χ1n) is 6.29. The normalized spacial score (nSPS) is 12.6. The van der Waals surface area contributed by atoms with Crippen LogP contribution in [0.1, 0.15) is 34.7 Å². The standard InChI is InChI=1S/C14H18BrN3S/c1-3-10-4-5-11(17-8-10)7-12(18-16)13-6-9(2)14(15)19-13/h4-6,8,12,18H,3,7,16H2,1-2H3. The van der Waals surface area contributed by atoms with Gasteiger partial charge in [-0.15, -0.1) is 11.3 Å². The lowest BCUT2D eigenvalue weighted by molar-refractivity contribution is 0.554. The first-order valence-corrected chi connectivity index (χ1v) is 7.90. The maximum atomic E-state index is 5.68. The van der Waals surface area contributed by atoms with Crippen LogP contribution in [0.15, 0.2) is 28.2 Å². The number of aryl methyl sites for hydroxylation is 2.